The monoisotopic (exact) mass is 205 g/mol. The van der Waals surface area contributed by atoms with Crippen molar-refractivity contribution in [2.45, 2.75) is 26.8 Å². The van der Waals surface area contributed by atoms with Crippen LogP contribution in [-0.4, -0.2) is 24.3 Å². The standard InChI is InChI=1S/C13H19NO/c1-10-5-7-13(8-6-10)12(3)14(4)9-11(2)15/h5-8,12H,9H2,1-4H3. The van der Waals surface area contributed by atoms with E-state index < -0.39 is 0 Å². The number of carbonyl (C=O) groups is 1. The van der Waals surface area contributed by atoms with Gasteiger partial charge >= 0.3 is 0 Å². The van der Waals surface area contributed by atoms with Crippen LogP contribution in [0.2, 0.25) is 0 Å². The van der Waals surface area contributed by atoms with Gasteiger partial charge in [0.05, 0.1) is 6.54 Å². The number of hydrogen-bond donors (Lipinski definition) is 0. The maximum atomic E-state index is 11.0. The van der Waals surface area contributed by atoms with Gasteiger partial charge in [-0.1, -0.05) is 29.8 Å². The van der Waals surface area contributed by atoms with E-state index in [0.717, 1.165) is 0 Å². The van der Waals surface area contributed by atoms with E-state index in [9.17, 15) is 4.79 Å². The van der Waals surface area contributed by atoms with Gasteiger partial charge in [-0.05, 0) is 33.4 Å². The summed E-state index contributed by atoms with van der Waals surface area (Å²) in [4.78, 5) is 13.1. The van der Waals surface area contributed by atoms with Crippen molar-refractivity contribution in [1.82, 2.24) is 4.90 Å². The molecule has 0 spiro atoms. The number of Topliss-reactive ketones (excluding diaryl/α,β-unsaturated/α-hetero) is 1. The highest BCUT2D eigenvalue weighted by atomic mass is 16.1. The van der Waals surface area contributed by atoms with E-state index in [1.54, 1.807) is 6.92 Å². The van der Waals surface area contributed by atoms with Crippen LogP contribution in [0.4, 0.5) is 0 Å². The quantitative estimate of drug-likeness (QED) is 0.753. The SMILES string of the molecule is CC(=O)CN(C)C(C)c1ccc(C)cc1. The zero-order valence-corrected chi connectivity index (χ0v) is 9.95. The van der Waals surface area contributed by atoms with Crippen molar-refractivity contribution < 1.29 is 4.79 Å². The molecule has 0 N–H and O–H groups in total. The van der Waals surface area contributed by atoms with E-state index in [4.69, 9.17) is 0 Å². The number of benzene rings is 1. The van der Waals surface area contributed by atoms with Crippen LogP contribution < -0.4 is 0 Å². The molecule has 0 saturated carbocycles. The van der Waals surface area contributed by atoms with E-state index in [0.29, 0.717) is 6.54 Å². The van der Waals surface area contributed by atoms with E-state index >= 15 is 0 Å². The molecule has 0 heterocycles. The summed E-state index contributed by atoms with van der Waals surface area (Å²) in [5, 5.41) is 0. The molecule has 0 amide bonds. The molecule has 1 aromatic rings. The van der Waals surface area contributed by atoms with E-state index in [1.165, 1.54) is 11.1 Å². The van der Waals surface area contributed by atoms with Gasteiger partial charge in [-0.25, -0.2) is 0 Å². The molecule has 0 aliphatic rings. The maximum absolute atomic E-state index is 11.0. The summed E-state index contributed by atoms with van der Waals surface area (Å²) < 4.78 is 0. The van der Waals surface area contributed by atoms with Crippen LogP contribution in [0, 0.1) is 6.92 Å². The van der Waals surface area contributed by atoms with Gasteiger partial charge in [-0.15, -0.1) is 0 Å². The number of hydrogen-bond acceptors (Lipinski definition) is 2. The lowest BCUT2D eigenvalue weighted by Crippen LogP contribution is -2.27. The van der Waals surface area contributed by atoms with Crippen LogP contribution in [0.1, 0.15) is 31.0 Å². The Hall–Kier alpha value is -1.15. The molecule has 0 aliphatic carbocycles. The molecular weight excluding hydrogens is 186 g/mol. The summed E-state index contributed by atoms with van der Waals surface area (Å²) in [5.41, 5.74) is 2.52. The van der Waals surface area contributed by atoms with Crippen LogP contribution in [0.3, 0.4) is 0 Å². The van der Waals surface area contributed by atoms with Gasteiger partial charge in [0.25, 0.3) is 0 Å². The lowest BCUT2D eigenvalue weighted by molar-refractivity contribution is -0.118. The van der Waals surface area contributed by atoms with Crippen molar-refractivity contribution in [2.24, 2.45) is 0 Å². The van der Waals surface area contributed by atoms with Gasteiger partial charge in [0, 0.05) is 6.04 Å². The molecule has 82 valence electrons. The lowest BCUT2D eigenvalue weighted by atomic mass is 10.1. The highest BCUT2D eigenvalue weighted by Gasteiger charge is 2.12. The Balaban J connectivity index is 2.71. The van der Waals surface area contributed by atoms with Gasteiger partial charge in [-0.2, -0.15) is 0 Å². The first-order valence-corrected chi connectivity index (χ1v) is 5.27. The Labute approximate surface area is 91.9 Å². The third-order valence-corrected chi connectivity index (χ3v) is 2.69. The van der Waals surface area contributed by atoms with Crippen molar-refractivity contribution in [1.29, 1.82) is 0 Å². The third kappa shape index (κ3) is 3.48. The fourth-order valence-corrected chi connectivity index (χ4v) is 1.59. The molecular formula is C13H19NO. The Bertz CT molecular complexity index is 329. The van der Waals surface area contributed by atoms with Gasteiger partial charge in [0.15, 0.2) is 0 Å². The third-order valence-electron chi connectivity index (χ3n) is 2.69. The number of carbonyl (C=O) groups excluding carboxylic acids is 1. The highest BCUT2D eigenvalue weighted by Crippen LogP contribution is 2.18. The fourth-order valence-electron chi connectivity index (χ4n) is 1.59. The lowest BCUT2D eigenvalue weighted by Gasteiger charge is -2.23. The molecule has 15 heavy (non-hydrogen) atoms. The van der Waals surface area contributed by atoms with Crippen LogP contribution >= 0.6 is 0 Å². The molecule has 1 atom stereocenters. The van der Waals surface area contributed by atoms with Crippen LogP contribution in [0.25, 0.3) is 0 Å². The maximum Gasteiger partial charge on any atom is 0.143 e. The summed E-state index contributed by atoms with van der Waals surface area (Å²) >= 11 is 0. The zero-order chi connectivity index (χ0) is 11.4. The van der Waals surface area contributed by atoms with Crippen LogP contribution in [0.5, 0.6) is 0 Å². The van der Waals surface area contributed by atoms with Crippen molar-refractivity contribution in [3.8, 4) is 0 Å². The van der Waals surface area contributed by atoms with E-state index in [-0.39, 0.29) is 11.8 Å². The zero-order valence-electron chi connectivity index (χ0n) is 9.95. The smallest absolute Gasteiger partial charge is 0.143 e. The van der Waals surface area contributed by atoms with Gasteiger partial charge < -0.3 is 0 Å². The van der Waals surface area contributed by atoms with Crippen LogP contribution in [0.15, 0.2) is 24.3 Å². The topological polar surface area (TPSA) is 20.3 Å². The molecule has 1 aromatic carbocycles. The summed E-state index contributed by atoms with van der Waals surface area (Å²) in [7, 11) is 1.98. The molecule has 0 aromatic heterocycles. The normalized spacial score (nSPS) is 12.9. The Morgan fingerprint density at radius 1 is 1.33 bits per heavy atom. The Kier molecular flexibility index (Phi) is 4.04. The Morgan fingerprint density at radius 3 is 2.33 bits per heavy atom. The molecule has 2 heteroatoms. The molecule has 0 bridgehead atoms. The highest BCUT2D eigenvalue weighted by molar-refractivity contribution is 5.77. The number of nitrogens with zero attached hydrogens (tertiary/aromatic N) is 1. The molecule has 0 aliphatic heterocycles. The van der Waals surface area contributed by atoms with Crippen molar-refractivity contribution >= 4 is 5.78 Å². The number of rotatable bonds is 4. The number of ketones is 1. The summed E-state index contributed by atoms with van der Waals surface area (Å²) in [6, 6.07) is 8.74. The molecule has 1 unspecified atom stereocenters. The molecule has 0 fully saturated rings. The minimum Gasteiger partial charge on any atom is -0.299 e. The second-order valence-corrected chi connectivity index (χ2v) is 4.20. The first-order valence-electron chi connectivity index (χ1n) is 5.27. The summed E-state index contributed by atoms with van der Waals surface area (Å²) in [6.45, 7) is 6.33. The van der Waals surface area contributed by atoms with Crippen molar-refractivity contribution in [3.05, 3.63) is 35.4 Å². The van der Waals surface area contributed by atoms with E-state index in [2.05, 4.69) is 43.0 Å². The second-order valence-electron chi connectivity index (χ2n) is 4.20. The van der Waals surface area contributed by atoms with Crippen LogP contribution in [-0.2, 0) is 4.79 Å². The van der Waals surface area contributed by atoms with Gasteiger partial charge in [-0.3, -0.25) is 9.69 Å². The first-order chi connectivity index (χ1) is 7.00. The minimum atomic E-state index is 0.205. The summed E-state index contributed by atoms with van der Waals surface area (Å²) in [6.07, 6.45) is 0. The Morgan fingerprint density at radius 2 is 1.87 bits per heavy atom. The minimum absolute atomic E-state index is 0.205. The molecule has 2 nitrogen and oxygen atoms in total. The first kappa shape index (κ1) is 11.9. The predicted molar refractivity (Wildman–Crippen MR) is 62.9 cm³/mol. The molecule has 0 radical (unpaired) electrons. The molecule has 1 rings (SSSR count). The average molecular weight is 205 g/mol. The largest absolute Gasteiger partial charge is 0.299 e. The predicted octanol–water partition coefficient (Wildman–Crippen LogP) is 2.58. The van der Waals surface area contributed by atoms with Crippen molar-refractivity contribution in [3.63, 3.8) is 0 Å². The van der Waals surface area contributed by atoms with E-state index in [1.807, 2.05) is 7.05 Å². The molecule has 0 saturated heterocycles. The van der Waals surface area contributed by atoms with Gasteiger partial charge in [0.2, 0.25) is 0 Å². The number of aryl methyl sites for hydroxylation is 1. The fraction of sp³-hybridized carbons (Fsp3) is 0.462. The van der Waals surface area contributed by atoms with Crippen molar-refractivity contribution in [2.75, 3.05) is 13.6 Å². The van der Waals surface area contributed by atoms with Gasteiger partial charge in [0.1, 0.15) is 5.78 Å². The second kappa shape index (κ2) is 5.08. The average Bonchev–Trinajstić information content (AvgIpc) is 2.17. The summed E-state index contributed by atoms with van der Waals surface area (Å²) in [5.74, 6) is 0.205. The number of likely N-dealkylation sites (N-methyl/N-ethyl adjacent to an activating group) is 1.